The van der Waals surface area contributed by atoms with Gasteiger partial charge in [-0.2, -0.15) is 5.26 Å². The molecule has 5 heteroatoms. The minimum atomic E-state index is -0.612. The van der Waals surface area contributed by atoms with Crippen LogP contribution in [0, 0.1) is 11.3 Å². The fourth-order valence-corrected chi connectivity index (χ4v) is 1.69. The number of nitrogens with zero attached hydrogens (tertiary/aromatic N) is 1. The number of esters is 1. The Morgan fingerprint density at radius 1 is 1.53 bits per heavy atom. The quantitative estimate of drug-likeness (QED) is 0.474. The van der Waals surface area contributed by atoms with Gasteiger partial charge in [-0.25, -0.2) is 4.79 Å². The van der Waals surface area contributed by atoms with Gasteiger partial charge in [0.1, 0.15) is 17.4 Å². The molecule has 0 saturated heterocycles. The molecule has 0 aliphatic heterocycles. The summed E-state index contributed by atoms with van der Waals surface area (Å²) in [6, 6.07) is 7.15. The molecule has 0 spiro atoms. The minimum Gasteiger partial charge on any atom is -0.497 e. The molecule has 0 heterocycles. The van der Waals surface area contributed by atoms with Crippen LogP contribution >= 0.6 is 15.9 Å². The molecule has 0 aliphatic rings. The Labute approximate surface area is 120 Å². The van der Waals surface area contributed by atoms with Crippen LogP contribution in [-0.2, 0) is 9.53 Å². The van der Waals surface area contributed by atoms with Crippen LogP contribution in [0.15, 0.2) is 28.2 Å². The molecule has 1 rings (SSSR count). The molecule has 0 aliphatic carbocycles. The van der Waals surface area contributed by atoms with Crippen molar-refractivity contribution >= 4 is 28.0 Å². The molecule has 0 bridgehead atoms. The lowest BCUT2D eigenvalue weighted by Gasteiger charge is -2.05. The summed E-state index contributed by atoms with van der Waals surface area (Å²) in [6.07, 6.45) is 2.19. The number of carbonyl (C=O) groups is 1. The van der Waals surface area contributed by atoms with Gasteiger partial charge in [-0.3, -0.25) is 0 Å². The van der Waals surface area contributed by atoms with Gasteiger partial charge in [0.2, 0.25) is 0 Å². The van der Waals surface area contributed by atoms with E-state index in [-0.39, 0.29) is 5.57 Å². The number of hydrogen-bond donors (Lipinski definition) is 0. The van der Waals surface area contributed by atoms with Crippen molar-refractivity contribution in [3.05, 3.63) is 33.8 Å². The van der Waals surface area contributed by atoms with E-state index in [1.807, 2.05) is 13.0 Å². The number of ether oxygens (including phenoxy) is 2. The average molecular weight is 324 g/mol. The van der Waals surface area contributed by atoms with Crippen LogP contribution in [0.5, 0.6) is 5.75 Å². The van der Waals surface area contributed by atoms with E-state index in [9.17, 15) is 4.79 Å². The third-order valence-corrected chi connectivity index (χ3v) is 3.00. The Balaban J connectivity index is 3.04. The summed E-state index contributed by atoms with van der Waals surface area (Å²) in [4.78, 5) is 11.6. The number of hydrogen-bond acceptors (Lipinski definition) is 4. The summed E-state index contributed by atoms with van der Waals surface area (Å²) < 4.78 is 10.8. The number of benzene rings is 1. The summed E-state index contributed by atoms with van der Waals surface area (Å²) in [7, 11) is 1.55. The molecule has 0 N–H and O–H groups in total. The number of rotatable bonds is 5. The van der Waals surface area contributed by atoms with Crippen molar-refractivity contribution in [1.82, 2.24) is 0 Å². The van der Waals surface area contributed by atoms with Crippen LogP contribution in [0.3, 0.4) is 0 Å². The lowest BCUT2D eigenvalue weighted by molar-refractivity contribution is -0.138. The van der Waals surface area contributed by atoms with Gasteiger partial charge < -0.3 is 9.47 Å². The highest BCUT2D eigenvalue weighted by atomic mass is 79.9. The largest absolute Gasteiger partial charge is 0.497 e. The summed E-state index contributed by atoms with van der Waals surface area (Å²) in [5.41, 5.74) is 0.645. The lowest BCUT2D eigenvalue weighted by atomic mass is 10.1. The molecule has 0 amide bonds. The first-order valence-electron chi connectivity index (χ1n) is 5.74. The molecule has 1 aromatic rings. The van der Waals surface area contributed by atoms with E-state index in [0.717, 1.165) is 4.47 Å². The van der Waals surface area contributed by atoms with Gasteiger partial charge >= 0.3 is 5.97 Å². The summed E-state index contributed by atoms with van der Waals surface area (Å²) in [5, 5.41) is 9.01. The van der Waals surface area contributed by atoms with Crippen molar-refractivity contribution in [2.45, 2.75) is 13.3 Å². The monoisotopic (exact) mass is 323 g/mol. The smallest absolute Gasteiger partial charge is 0.348 e. The van der Waals surface area contributed by atoms with Gasteiger partial charge in [0.25, 0.3) is 0 Å². The number of carbonyl (C=O) groups excluding carboxylic acids is 1. The van der Waals surface area contributed by atoms with Gasteiger partial charge in [0, 0.05) is 4.47 Å². The van der Waals surface area contributed by atoms with Crippen LogP contribution in [0.25, 0.3) is 6.08 Å². The molecule has 0 aromatic heterocycles. The molecular formula is C14H14BrNO3. The third-order valence-electron chi connectivity index (χ3n) is 2.28. The fraction of sp³-hybridized carbons (Fsp3) is 0.286. The average Bonchev–Trinajstić information content (AvgIpc) is 2.43. The van der Waals surface area contributed by atoms with E-state index in [4.69, 9.17) is 14.7 Å². The molecule has 1 aromatic carbocycles. The number of halogens is 1. The van der Waals surface area contributed by atoms with Crippen molar-refractivity contribution in [2.75, 3.05) is 13.7 Å². The molecule has 0 saturated carbocycles. The molecule has 100 valence electrons. The van der Waals surface area contributed by atoms with E-state index < -0.39 is 5.97 Å². The SMILES string of the molecule is CCCOC(=O)/C(C#N)=C/c1cc(OC)ccc1Br. The topological polar surface area (TPSA) is 59.3 Å². The Morgan fingerprint density at radius 3 is 2.84 bits per heavy atom. The Bertz CT molecular complexity index is 532. The number of nitriles is 1. The van der Waals surface area contributed by atoms with Crippen LogP contribution in [0.2, 0.25) is 0 Å². The Hall–Kier alpha value is -1.80. The molecular weight excluding hydrogens is 310 g/mol. The van der Waals surface area contributed by atoms with Crippen molar-refractivity contribution in [3.8, 4) is 11.8 Å². The normalized spacial score (nSPS) is 10.7. The van der Waals surface area contributed by atoms with E-state index in [2.05, 4.69) is 15.9 Å². The second-order valence-electron chi connectivity index (χ2n) is 3.69. The third kappa shape index (κ3) is 4.42. The second-order valence-corrected chi connectivity index (χ2v) is 4.55. The maximum atomic E-state index is 11.6. The van der Waals surface area contributed by atoms with Crippen LogP contribution < -0.4 is 4.74 Å². The van der Waals surface area contributed by atoms with Crippen LogP contribution in [0.4, 0.5) is 0 Å². The van der Waals surface area contributed by atoms with Gasteiger partial charge in [0.05, 0.1) is 13.7 Å². The fourth-order valence-electron chi connectivity index (χ4n) is 1.32. The van der Waals surface area contributed by atoms with Gasteiger partial charge in [-0.1, -0.05) is 22.9 Å². The van der Waals surface area contributed by atoms with E-state index in [1.165, 1.54) is 6.08 Å². The molecule has 0 atom stereocenters. The predicted molar refractivity (Wildman–Crippen MR) is 75.5 cm³/mol. The van der Waals surface area contributed by atoms with Crippen molar-refractivity contribution in [2.24, 2.45) is 0 Å². The summed E-state index contributed by atoms with van der Waals surface area (Å²) in [5.74, 6) is 0.0349. The zero-order valence-corrected chi connectivity index (χ0v) is 12.4. The van der Waals surface area contributed by atoms with Crippen LogP contribution in [0.1, 0.15) is 18.9 Å². The summed E-state index contributed by atoms with van der Waals surface area (Å²) >= 11 is 3.36. The highest BCUT2D eigenvalue weighted by Gasteiger charge is 2.11. The van der Waals surface area contributed by atoms with Crippen LogP contribution in [-0.4, -0.2) is 19.7 Å². The first-order valence-corrected chi connectivity index (χ1v) is 6.54. The maximum absolute atomic E-state index is 11.6. The molecule has 0 radical (unpaired) electrons. The first kappa shape index (κ1) is 15.3. The molecule has 19 heavy (non-hydrogen) atoms. The second kappa shape index (κ2) is 7.59. The van der Waals surface area contributed by atoms with E-state index >= 15 is 0 Å². The molecule has 0 fully saturated rings. The lowest BCUT2D eigenvalue weighted by Crippen LogP contribution is -2.07. The predicted octanol–water partition coefficient (Wildman–Crippen LogP) is 3.32. The minimum absolute atomic E-state index is 0.0394. The molecule has 0 unspecified atom stereocenters. The van der Waals surface area contributed by atoms with E-state index in [1.54, 1.807) is 25.3 Å². The zero-order valence-electron chi connectivity index (χ0n) is 10.8. The first-order chi connectivity index (χ1) is 9.12. The Morgan fingerprint density at radius 2 is 2.26 bits per heavy atom. The standard InChI is InChI=1S/C14H14BrNO3/c1-3-6-19-14(17)11(9-16)7-10-8-12(18-2)4-5-13(10)15/h4-5,7-8H,3,6H2,1-2H3/b11-7+. The number of methoxy groups -OCH3 is 1. The zero-order chi connectivity index (χ0) is 14.3. The summed E-state index contributed by atoms with van der Waals surface area (Å²) in [6.45, 7) is 2.19. The Kier molecular flexibility index (Phi) is 6.10. The van der Waals surface area contributed by atoms with E-state index in [0.29, 0.717) is 24.3 Å². The van der Waals surface area contributed by atoms with Crippen molar-refractivity contribution in [1.29, 1.82) is 5.26 Å². The van der Waals surface area contributed by atoms with Gasteiger partial charge in [-0.05, 0) is 36.3 Å². The van der Waals surface area contributed by atoms with Gasteiger partial charge in [0.15, 0.2) is 0 Å². The van der Waals surface area contributed by atoms with Crippen molar-refractivity contribution < 1.29 is 14.3 Å². The van der Waals surface area contributed by atoms with Gasteiger partial charge in [-0.15, -0.1) is 0 Å². The highest BCUT2D eigenvalue weighted by Crippen LogP contribution is 2.24. The molecule has 4 nitrogen and oxygen atoms in total. The maximum Gasteiger partial charge on any atom is 0.348 e. The highest BCUT2D eigenvalue weighted by molar-refractivity contribution is 9.10. The van der Waals surface area contributed by atoms with Crippen molar-refractivity contribution in [3.63, 3.8) is 0 Å².